The van der Waals surface area contributed by atoms with Crippen molar-refractivity contribution in [2.24, 2.45) is 11.8 Å². The minimum atomic E-state index is 0.385. The van der Waals surface area contributed by atoms with Crippen molar-refractivity contribution in [1.82, 2.24) is 10.2 Å². The molecule has 2 aliphatic rings. The van der Waals surface area contributed by atoms with Crippen molar-refractivity contribution in [2.75, 3.05) is 19.6 Å². The van der Waals surface area contributed by atoms with E-state index in [2.05, 4.69) is 37.9 Å². The maximum atomic E-state index is 3.79. The molecule has 100 valence electrons. The molecule has 1 saturated heterocycles. The molecule has 1 saturated carbocycles. The maximum absolute atomic E-state index is 3.79. The lowest BCUT2D eigenvalue weighted by atomic mass is 9.88. The van der Waals surface area contributed by atoms with Gasteiger partial charge in [0.15, 0.2) is 0 Å². The number of rotatable bonds is 5. The predicted molar refractivity (Wildman–Crippen MR) is 74.2 cm³/mol. The van der Waals surface area contributed by atoms with Crippen molar-refractivity contribution in [2.45, 2.75) is 65.0 Å². The Balaban J connectivity index is 1.93. The SMILES string of the molecule is CCC1(CC)CN(CC(C)C2CC2)C(C)CN1. The number of nitrogens with zero attached hydrogens (tertiary/aromatic N) is 1. The number of hydrogen-bond acceptors (Lipinski definition) is 2. The first-order valence-electron chi connectivity index (χ1n) is 7.59. The number of nitrogens with one attached hydrogen (secondary N) is 1. The van der Waals surface area contributed by atoms with E-state index >= 15 is 0 Å². The Bertz CT molecular complexity index is 243. The van der Waals surface area contributed by atoms with Crippen LogP contribution in [0.25, 0.3) is 0 Å². The highest BCUT2D eigenvalue weighted by Crippen LogP contribution is 2.37. The zero-order valence-electron chi connectivity index (χ0n) is 12.1. The van der Waals surface area contributed by atoms with Crippen LogP contribution in [0.4, 0.5) is 0 Å². The lowest BCUT2D eigenvalue weighted by Crippen LogP contribution is -2.63. The van der Waals surface area contributed by atoms with Crippen LogP contribution in [0.2, 0.25) is 0 Å². The summed E-state index contributed by atoms with van der Waals surface area (Å²) in [5.41, 5.74) is 0.385. The van der Waals surface area contributed by atoms with E-state index in [0.717, 1.165) is 11.8 Å². The van der Waals surface area contributed by atoms with Gasteiger partial charge in [-0.2, -0.15) is 0 Å². The van der Waals surface area contributed by atoms with Gasteiger partial charge in [0.05, 0.1) is 0 Å². The highest BCUT2D eigenvalue weighted by molar-refractivity contribution is 4.96. The summed E-state index contributed by atoms with van der Waals surface area (Å²) in [5.74, 6) is 1.94. The Morgan fingerprint density at radius 2 is 1.94 bits per heavy atom. The lowest BCUT2D eigenvalue weighted by Gasteiger charge is -2.47. The van der Waals surface area contributed by atoms with Crippen LogP contribution in [0.15, 0.2) is 0 Å². The van der Waals surface area contributed by atoms with Gasteiger partial charge in [-0.15, -0.1) is 0 Å². The Hall–Kier alpha value is -0.0800. The number of piperazine rings is 1. The second-order valence-electron chi connectivity index (χ2n) is 6.46. The molecule has 2 nitrogen and oxygen atoms in total. The van der Waals surface area contributed by atoms with E-state index in [0.29, 0.717) is 11.6 Å². The van der Waals surface area contributed by atoms with Crippen LogP contribution in [-0.4, -0.2) is 36.1 Å². The molecule has 1 N–H and O–H groups in total. The van der Waals surface area contributed by atoms with Gasteiger partial charge in [0.2, 0.25) is 0 Å². The molecular weight excluding hydrogens is 208 g/mol. The van der Waals surface area contributed by atoms with Gasteiger partial charge < -0.3 is 5.32 Å². The van der Waals surface area contributed by atoms with Gasteiger partial charge in [0.25, 0.3) is 0 Å². The van der Waals surface area contributed by atoms with E-state index < -0.39 is 0 Å². The van der Waals surface area contributed by atoms with Crippen LogP contribution >= 0.6 is 0 Å². The van der Waals surface area contributed by atoms with Crippen LogP contribution < -0.4 is 5.32 Å². The van der Waals surface area contributed by atoms with Gasteiger partial charge in [0.1, 0.15) is 0 Å². The summed E-state index contributed by atoms with van der Waals surface area (Å²) < 4.78 is 0. The van der Waals surface area contributed by atoms with Gasteiger partial charge in [0, 0.05) is 31.2 Å². The van der Waals surface area contributed by atoms with E-state index in [1.807, 2.05) is 0 Å². The van der Waals surface area contributed by atoms with Crippen LogP contribution in [0.5, 0.6) is 0 Å². The van der Waals surface area contributed by atoms with Crippen molar-refractivity contribution in [3.05, 3.63) is 0 Å². The van der Waals surface area contributed by atoms with Crippen molar-refractivity contribution in [3.8, 4) is 0 Å². The van der Waals surface area contributed by atoms with Crippen LogP contribution in [0.1, 0.15) is 53.4 Å². The fraction of sp³-hybridized carbons (Fsp3) is 1.00. The van der Waals surface area contributed by atoms with E-state index in [1.165, 1.54) is 45.3 Å². The topological polar surface area (TPSA) is 15.3 Å². The first kappa shape index (κ1) is 13.4. The van der Waals surface area contributed by atoms with E-state index in [9.17, 15) is 0 Å². The Morgan fingerprint density at radius 3 is 2.47 bits per heavy atom. The lowest BCUT2D eigenvalue weighted by molar-refractivity contribution is 0.0662. The average molecular weight is 238 g/mol. The van der Waals surface area contributed by atoms with Gasteiger partial charge in [-0.25, -0.2) is 0 Å². The molecule has 2 unspecified atom stereocenters. The van der Waals surface area contributed by atoms with Crippen molar-refractivity contribution < 1.29 is 0 Å². The molecule has 17 heavy (non-hydrogen) atoms. The molecule has 0 amide bonds. The highest BCUT2D eigenvalue weighted by Gasteiger charge is 2.37. The van der Waals surface area contributed by atoms with Gasteiger partial charge in [-0.05, 0) is 44.4 Å². The third-order valence-corrected chi connectivity index (χ3v) is 5.20. The van der Waals surface area contributed by atoms with Gasteiger partial charge in [-0.1, -0.05) is 20.8 Å². The standard InChI is InChI=1S/C15H30N2/c1-5-15(6-2)11-17(13(4)9-16-15)10-12(3)14-7-8-14/h12-14,16H,5-11H2,1-4H3. The highest BCUT2D eigenvalue weighted by atomic mass is 15.2. The summed E-state index contributed by atoms with van der Waals surface area (Å²) in [6, 6.07) is 0.711. The first-order valence-corrected chi connectivity index (χ1v) is 7.59. The summed E-state index contributed by atoms with van der Waals surface area (Å²) >= 11 is 0. The second-order valence-corrected chi connectivity index (χ2v) is 6.46. The monoisotopic (exact) mass is 238 g/mol. The zero-order valence-corrected chi connectivity index (χ0v) is 12.1. The van der Waals surface area contributed by atoms with Crippen molar-refractivity contribution >= 4 is 0 Å². The molecule has 1 aliphatic heterocycles. The third-order valence-electron chi connectivity index (χ3n) is 5.20. The third kappa shape index (κ3) is 3.03. The Labute approximate surface area is 107 Å². The molecule has 1 aliphatic carbocycles. The quantitative estimate of drug-likeness (QED) is 0.792. The van der Waals surface area contributed by atoms with Gasteiger partial charge >= 0.3 is 0 Å². The smallest absolute Gasteiger partial charge is 0.0304 e. The Kier molecular flexibility index (Phi) is 4.14. The van der Waals surface area contributed by atoms with E-state index in [1.54, 1.807) is 0 Å². The fourth-order valence-electron chi connectivity index (χ4n) is 3.25. The van der Waals surface area contributed by atoms with E-state index in [4.69, 9.17) is 0 Å². The number of hydrogen-bond donors (Lipinski definition) is 1. The minimum Gasteiger partial charge on any atom is -0.308 e. The molecule has 2 heteroatoms. The average Bonchev–Trinajstić information content (AvgIpc) is 3.16. The minimum absolute atomic E-state index is 0.385. The first-order chi connectivity index (χ1) is 8.10. The summed E-state index contributed by atoms with van der Waals surface area (Å²) in [4.78, 5) is 2.74. The molecule has 0 aromatic rings. The molecule has 2 rings (SSSR count). The molecule has 0 aromatic carbocycles. The van der Waals surface area contributed by atoms with Gasteiger partial charge in [-0.3, -0.25) is 4.90 Å². The summed E-state index contributed by atoms with van der Waals surface area (Å²) in [6.07, 6.45) is 5.47. The van der Waals surface area contributed by atoms with E-state index in [-0.39, 0.29) is 0 Å². The molecule has 0 aromatic heterocycles. The van der Waals surface area contributed by atoms with Crippen LogP contribution in [-0.2, 0) is 0 Å². The molecule has 2 fully saturated rings. The molecule has 0 radical (unpaired) electrons. The summed E-state index contributed by atoms with van der Waals surface area (Å²) in [6.45, 7) is 13.2. The molecular formula is C15H30N2. The largest absolute Gasteiger partial charge is 0.308 e. The Morgan fingerprint density at radius 1 is 1.29 bits per heavy atom. The van der Waals surface area contributed by atoms with Crippen LogP contribution in [0, 0.1) is 11.8 Å². The van der Waals surface area contributed by atoms with Crippen molar-refractivity contribution in [1.29, 1.82) is 0 Å². The molecule has 0 bridgehead atoms. The summed E-state index contributed by atoms with van der Waals surface area (Å²) in [7, 11) is 0. The normalized spacial score (nSPS) is 31.4. The predicted octanol–water partition coefficient (Wildman–Crippen LogP) is 2.89. The fourth-order valence-corrected chi connectivity index (χ4v) is 3.25. The molecule has 0 spiro atoms. The zero-order chi connectivity index (χ0) is 12.5. The molecule has 1 heterocycles. The summed E-state index contributed by atoms with van der Waals surface area (Å²) in [5, 5.41) is 3.79. The van der Waals surface area contributed by atoms with Crippen LogP contribution in [0.3, 0.4) is 0 Å². The second kappa shape index (κ2) is 5.27. The molecule has 2 atom stereocenters. The maximum Gasteiger partial charge on any atom is 0.0304 e. The van der Waals surface area contributed by atoms with Crippen molar-refractivity contribution in [3.63, 3.8) is 0 Å².